The molecule has 3 aromatic rings. The number of halogens is 2. The molecule has 3 heterocycles. The third kappa shape index (κ3) is 5.87. The third-order valence-corrected chi connectivity index (χ3v) is 6.12. The second kappa shape index (κ2) is 11.0. The first-order valence-electron chi connectivity index (χ1n) is 11.4. The van der Waals surface area contributed by atoms with E-state index in [1.165, 1.54) is 24.5 Å². The van der Waals surface area contributed by atoms with Crippen LogP contribution in [-0.4, -0.2) is 40.3 Å². The highest BCUT2D eigenvalue weighted by atomic mass is 19.3. The number of aromatic nitrogens is 1. The highest BCUT2D eigenvalue weighted by Crippen LogP contribution is 2.23. The summed E-state index contributed by atoms with van der Waals surface area (Å²) in [7, 11) is 0. The summed E-state index contributed by atoms with van der Waals surface area (Å²) in [5.41, 5.74) is 1.65. The Morgan fingerprint density at radius 3 is 2.59 bits per heavy atom. The minimum atomic E-state index is -2.56. The van der Waals surface area contributed by atoms with Crippen molar-refractivity contribution < 1.29 is 22.8 Å². The molecule has 1 aliphatic rings. The van der Waals surface area contributed by atoms with Gasteiger partial charge in [0.2, 0.25) is 5.91 Å². The first-order valence-corrected chi connectivity index (χ1v) is 11.4. The summed E-state index contributed by atoms with van der Waals surface area (Å²) < 4.78 is 31.1. The monoisotopic (exact) mass is 467 g/mol. The van der Waals surface area contributed by atoms with Gasteiger partial charge in [0.1, 0.15) is 6.04 Å². The van der Waals surface area contributed by atoms with Gasteiger partial charge < -0.3 is 14.6 Å². The van der Waals surface area contributed by atoms with Gasteiger partial charge >= 0.3 is 0 Å². The molecule has 6 nitrogen and oxygen atoms in total. The van der Waals surface area contributed by atoms with Crippen molar-refractivity contribution in [3.05, 3.63) is 89.6 Å². The van der Waals surface area contributed by atoms with Gasteiger partial charge in [-0.3, -0.25) is 14.6 Å². The number of hydrogen-bond donors (Lipinski definition) is 1. The van der Waals surface area contributed by atoms with Gasteiger partial charge in [-0.1, -0.05) is 30.3 Å². The average Bonchev–Trinajstić information content (AvgIpc) is 3.40. The summed E-state index contributed by atoms with van der Waals surface area (Å²) in [6.07, 6.45) is 5.99. The number of nitrogens with zero attached hydrogens (tertiary/aromatic N) is 2. The normalized spacial score (nSPS) is 16.9. The van der Waals surface area contributed by atoms with E-state index in [4.69, 9.17) is 4.42 Å². The van der Waals surface area contributed by atoms with Crippen LogP contribution in [0.1, 0.15) is 52.9 Å². The molecule has 0 spiro atoms. The predicted molar refractivity (Wildman–Crippen MR) is 122 cm³/mol. The minimum Gasteiger partial charge on any atom is -0.459 e. The number of nitrogens with one attached hydrogen (secondary N) is 1. The Balaban J connectivity index is 1.55. The van der Waals surface area contributed by atoms with E-state index in [0.29, 0.717) is 18.5 Å². The fourth-order valence-corrected chi connectivity index (χ4v) is 4.37. The molecule has 1 aromatic carbocycles. The zero-order chi connectivity index (χ0) is 23.9. The molecule has 178 valence electrons. The van der Waals surface area contributed by atoms with Gasteiger partial charge in [0, 0.05) is 37.0 Å². The Morgan fingerprint density at radius 2 is 1.91 bits per heavy atom. The van der Waals surface area contributed by atoms with E-state index in [1.807, 2.05) is 17.0 Å². The Bertz CT molecular complexity index is 1070. The number of pyridine rings is 1. The molecule has 0 saturated carbocycles. The molecule has 2 aromatic heterocycles. The average molecular weight is 468 g/mol. The van der Waals surface area contributed by atoms with Crippen LogP contribution in [-0.2, 0) is 17.6 Å². The van der Waals surface area contributed by atoms with E-state index in [1.54, 1.807) is 30.6 Å². The number of piperidine rings is 1. The molecule has 34 heavy (non-hydrogen) atoms. The summed E-state index contributed by atoms with van der Waals surface area (Å²) in [4.78, 5) is 32.5. The summed E-state index contributed by atoms with van der Waals surface area (Å²) >= 11 is 0. The molecular weight excluding hydrogens is 440 g/mol. The van der Waals surface area contributed by atoms with Crippen molar-refractivity contribution in [3.63, 3.8) is 0 Å². The molecular formula is C26H27F2N3O3. The van der Waals surface area contributed by atoms with E-state index in [0.717, 1.165) is 24.8 Å². The van der Waals surface area contributed by atoms with Crippen molar-refractivity contribution in [1.29, 1.82) is 0 Å². The number of carbonyl (C=O) groups excluding carboxylic acids is 2. The van der Waals surface area contributed by atoms with Crippen LogP contribution in [0.15, 0.2) is 71.6 Å². The maximum absolute atomic E-state index is 13.7. The van der Waals surface area contributed by atoms with E-state index in [-0.39, 0.29) is 29.7 Å². The number of carbonyl (C=O) groups is 2. The summed E-state index contributed by atoms with van der Waals surface area (Å²) in [6.45, 7) is 0.598. The van der Waals surface area contributed by atoms with Crippen LogP contribution in [0.5, 0.6) is 0 Å². The molecule has 0 radical (unpaired) electrons. The molecule has 1 saturated heterocycles. The number of benzene rings is 1. The molecule has 2 amide bonds. The lowest BCUT2D eigenvalue weighted by Crippen LogP contribution is -2.54. The summed E-state index contributed by atoms with van der Waals surface area (Å²) in [5, 5.41) is 2.80. The highest BCUT2D eigenvalue weighted by Gasteiger charge is 2.33. The van der Waals surface area contributed by atoms with Gasteiger partial charge in [0.05, 0.1) is 6.26 Å². The molecule has 1 aliphatic heterocycles. The van der Waals surface area contributed by atoms with Gasteiger partial charge in [-0.2, -0.15) is 0 Å². The van der Waals surface area contributed by atoms with Crippen molar-refractivity contribution in [3.8, 4) is 0 Å². The Kier molecular flexibility index (Phi) is 7.67. The molecule has 1 unspecified atom stereocenters. The zero-order valence-electron chi connectivity index (χ0n) is 18.7. The first kappa shape index (κ1) is 23.6. The van der Waals surface area contributed by atoms with Crippen LogP contribution >= 0.6 is 0 Å². The molecule has 1 fully saturated rings. The van der Waals surface area contributed by atoms with Gasteiger partial charge in [-0.05, 0) is 55.0 Å². The number of furan rings is 1. The highest BCUT2D eigenvalue weighted by molar-refractivity contribution is 5.95. The second-order valence-electron chi connectivity index (χ2n) is 8.50. The second-order valence-corrected chi connectivity index (χ2v) is 8.50. The zero-order valence-corrected chi connectivity index (χ0v) is 18.7. The van der Waals surface area contributed by atoms with Crippen molar-refractivity contribution >= 4 is 11.8 Å². The Labute approximate surface area is 197 Å². The number of likely N-dealkylation sites (tertiary alicyclic amines) is 1. The summed E-state index contributed by atoms with van der Waals surface area (Å²) in [5.74, 6) is -0.573. The molecule has 8 heteroatoms. The SMILES string of the molecule is O=C(N[C@@H](Cc1ccc(C(F)F)cc1)C(=O)N1CCCCC1Cc1cccnc1)c1ccco1. The maximum atomic E-state index is 13.7. The predicted octanol–water partition coefficient (Wildman–Crippen LogP) is 4.58. The van der Waals surface area contributed by atoms with Crippen LogP contribution in [0.4, 0.5) is 8.78 Å². The quantitative estimate of drug-likeness (QED) is 0.526. The van der Waals surface area contributed by atoms with E-state index < -0.39 is 18.4 Å². The number of rotatable bonds is 8. The molecule has 0 bridgehead atoms. The lowest BCUT2D eigenvalue weighted by atomic mass is 9.94. The Morgan fingerprint density at radius 1 is 1.09 bits per heavy atom. The number of alkyl halides is 2. The van der Waals surface area contributed by atoms with Crippen LogP contribution in [0.3, 0.4) is 0 Å². The summed E-state index contributed by atoms with van der Waals surface area (Å²) in [6, 6.07) is 12.0. The van der Waals surface area contributed by atoms with Crippen LogP contribution in [0, 0.1) is 0 Å². The number of amides is 2. The van der Waals surface area contributed by atoms with Crippen molar-refractivity contribution in [2.45, 2.75) is 50.6 Å². The van der Waals surface area contributed by atoms with Gasteiger partial charge in [0.15, 0.2) is 5.76 Å². The van der Waals surface area contributed by atoms with Gasteiger partial charge in [-0.15, -0.1) is 0 Å². The van der Waals surface area contributed by atoms with Crippen molar-refractivity contribution in [1.82, 2.24) is 15.2 Å². The van der Waals surface area contributed by atoms with E-state index >= 15 is 0 Å². The molecule has 2 atom stereocenters. The van der Waals surface area contributed by atoms with Gasteiger partial charge in [-0.25, -0.2) is 8.78 Å². The largest absolute Gasteiger partial charge is 0.459 e. The lowest BCUT2D eigenvalue weighted by Gasteiger charge is -2.38. The van der Waals surface area contributed by atoms with Crippen molar-refractivity contribution in [2.75, 3.05) is 6.54 Å². The molecule has 1 N–H and O–H groups in total. The van der Waals surface area contributed by atoms with Crippen molar-refractivity contribution in [2.24, 2.45) is 0 Å². The van der Waals surface area contributed by atoms with Crippen LogP contribution in [0.25, 0.3) is 0 Å². The van der Waals surface area contributed by atoms with Gasteiger partial charge in [0.25, 0.3) is 12.3 Å². The fraction of sp³-hybridized carbons (Fsp3) is 0.346. The molecule has 0 aliphatic carbocycles. The van der Waals surface area contributed by atoms with Crippen LogP contribution in [0.2, 0.25) is 0 Å². The third-order valence-electron chi connectivity index (χ3n) is 6.12. The first-order chi connectivity index (χ1) is 16.5. The molecule has 4 rings (SSSR count). The smallest absolute Gasteiger partial charge is 0.287 e. The lowest BCUT2D eigenvalue weighted by molar-refractivity contribution is -0.137. The van der Waals surface area contributed by atoms with Crippen LogP contribution < -0.4 is 5.32 Å². The maximum Gasteiger partial charge on any atom is 0.287 e. The topological polar surface area (TPSA) is 75.4 Å². The van der Waals surface area contributed by atoms with E-state index in [9.17, 15) is 18.4 Å². The van der Waals surface area contributed by atoms with E-state index in [2.05, 4.69) is 10.3 Å². The minimum absolute atomic E-state index is 0.00493. The fourth-order valence-electron chi connectivity index (χ4n) is 4.37. The number of hydrogen-bond acceptors (Lipinski definition) is 4. The Hall–Kier alpha value is -3.55. The standard InChI is InChI=1S/C26H27F2N3O3/c27-24(28)20-10-8-18(9-11-20)16-22(30-25(32)23-7-4-14-34-23)26(33)31-13-2-1-6-21(31)15-19-5-3-12-29-17-19/h3-5,7-12,14,17,21-22,24H,1-2,6,13,15-16H2,(H,30,32)/t21?,22-/m0/s1.